The minimum absolute atomic E-state index is 0.603. The Morgan fingerprint density at radius 3 is 1.90 bits per heavy atom. The van der Waals surface area contributed by atoms with E-state index in [2.05, 4.69) is 49.6 Å². The van der Waals surface area contributed by atoms with E-state index in [1.807, 2.05) is 12.4 Å². The molecule has 5 N–H and O–H groups in total. The highest BCUT2D eigenvalue weighted by Gasteiger charge is 2.28. The molecule has 172 valence electrons. The first-order chi connectivity index (χ1) is 15.1. The van der Waals surface area contributed by atoms with Gasteiger partial charge in [0.05, 0.1) is 12.4 Å². The van der Waals surface area contributed by atoms with E-state index in [1.54, 1.807) is 0 Å². The number of hydrogen-bond acceptors (Lipinski definition) is 6. The van der Waals surface area contributed by atoms with Crippen LogP contribution in [0.3, 0.4) is 0 Å². The maximum Gasteiger partial charge on any atom is 0.0535 e. The second-order valence-electron chi connectivity index (χ2n) is 9.66. The maximum absolute atomic E-state index is 5.69. The standard InChI is InChI=1S/C23H40N8/c1-30(11-9-24)15-19-13-26-29-23(19)18-5-7-21(8-6-18)25-10-12-31(2)16-20-14-27-28-22(20)17-3-4-17/h13-14,17-18,21,25H,3-12,15-16,24H2,1-2H3,(H,26,29)(H,27,28). The number of likely N-dealkylation sites (N-methyl/N-ethyl adjacent to an activating group) is 2. The number of aromatic amines is 2. The average Bonchev–Trinajstić information content (AvgIpc) is 3.32. The summed E-state index contributed by atoms with van der Waals surface area (Å²) in [5.41, 5.74) is 11.1. The largest absolute Gasteiger partial charge is 0.329 e. The van der Waals surface area contributed by atoms with E-state index >= 15 is 0 Å². The predicted molar refractivity (Wildman–Crippen MR) is 124 cm³/mol. The summed E-state index contributed by atoms with van der Waals surface area (Å²) < 4.78 is 0. The lowest BCUT2D eigenvalue weighted by atomic mass is 9.83. The maximum atomic E-state index is 5.69. The predicted octanol–water partition coefficient (Wildman–Crippen LogP) is 2.15. The Kier molecular flexibility index (Phi) is 7.76. The number of nitrogens with zero attached hydrogens (tertiary/aromatic N) is 4. The van der Waals surface area contributed by atoms with Gasteiger partial charge in [0.1, 0.15) is 0 Å². The average molecular weight is 429 g/mol. The van der Waals surface area contributed by atoms with Crippen molar-refractivity contribution in [2.75, 3.05) is 40.3 Å². The highest BCUT2D eigenvalue weighted by molar-refractivity contribution is 5.24. The lowest BCUT2D eigenvalue weighted by molar-refractivity contribution is 0.290. The molecule has 0 bridgehead atoms. The molecule has 2 aliphatic carbocycles. The molecule has 8 nitrogen and oxygen atoms in total. The molecular formula is C23H40N8. The highest BCUT2D eigenvalue weighted by atomic mass is 15.2. The van der Waals surface area contributed by atoms with E-state index in [9.17, 15) is 0 Å². The molecule has 2 aromatic rings. The van der Waals surface area contributed by atoms with Gasteiger partial charge < -0.3 is 20.9 Å². The first-order valence-corrected chi connectivity index (χ1v) is 12.0. The number of H-pyrrole nitrogens is 2. The number of hydrogen-bond donors (Lipinski definition) is 4. The zero-order chi connectivity index (χ0) is 21.6. The minimum Gasteiger partial charge on any atom is -0.329 e. The van der Waals surface area contributed by atoms with Gasteiger partial charge in [-0.15, -0.1) is 0 Å². The third-order valence-electron chi connectivity index (χ3n) is 6.94. The summed E-state index contributed by atoms with van der Waals surface area (Å²) in [5.74, 6) is 1.34. The van der Waals surface area contributed by atoms with Gasteiger partial charge in [0.15, 0.2) is 0 Å². The SMILES string of the molecule is CN(CCN)Cc1cn[nH]c1C1CCC(NCCN(C)Cc2cn[nH]c2C2CC2)CC1. The van der Waals surface area contributed by atoms with Gasteiger partial charge in [0, 0.05) is 79.7 Å². The fourth-order valence-corrected chi connectivity index (χ4v) is 4.98. The summed E-state index contributed by atoms with van der Waals surface area (Å²) in [5, 5.41) is 18.9. The lowest BCUT2D eigenvalue weighted by Crippen LogP contribution is -2.37. The Labute approximate surface area is 186 Å². The summed E-state index contributed by atoms with van der Waals surface area (Å²) in [6, 6.07) is 0.631. The van der Waals surface area contributed by atoms with Crippen LogP contribution in [-0.2, 0) is 13.1 Å². The van der Waals surface area contributed by atoms with Crippen LogP contribution in [0.5, 0.6) is 0 Å². The molecule has 0 aliphatic heterocycles. The Balaban J connectivity index is 1.16. The second kappa shape index (κ2) is 10.7. The zero-order valence-corrected chi connectivity index (χ0v) is 19.2. The van der Waals surface area contributed by atoms with Gasteiger partial charge >= 0.3 is 0 Å². The van der Waals surface area contributed by atoms with Crippen LogP contribution in [0.1, 0.15) is 72.9 Å². The molecule has 0 saturated heterocycles. The molecular weight excluding hydrogens is 388 g/mol. The van der Waals surface area contributed by atoms with E-state index in [1.165, 1.54) is 61.0 Å². The number of aromatic nitrogens is 4. The number of rotatable bonds is 12. The molecule has 2 saturated carbocycles. The number of nitrogens with one attached hydrogen (secondary N) is 3. The van der Waals surface area contributed by atoms with E-state index in [4.69, 9.17) is 5.73 Å². The van der Waals surface area contributed by atoms with Crippen molar-refractivity contribution in [2.45, 2.75) is 69.5 Å². The quantitative estimate of drug-likeness (QED) is 0.413. The van der Waals surface area contributed by atoms with Crippen molar-refractivity contribution in [1.29, 1.82) is 0 Å². The van der Waals surface area contributed by atoms with Crippen molar-refractivity contribution in [3.05, 3.63) is 34.9 Å². The van der Waals surface area contributed by atoms with Crippen LogP contribution < -0.4 is 11.1 Å². The molecule has 0 spiro atoms. The summed E-state index contributed by atoms with van der Waals surface area (Å²) >= 11 is 0. The Hall–Kier alpha value is -1.74. The van der Waals surface area contributed by atoms with Crippen LogP contribution in [0.15, 0.2) is 12.4 Å². The minimum atomic E-state index is 0.603. The number of nitrogens with two attached hydrogens (primary N) is 1. The first-order valence-electron chi connectivity index (χ1n) is 12.0. The molecule has 2 aromatic heterocycles. The fraction of sp³-hybridized carbons (Fsp3) is 0.739. The van der Waals surface area contributed by atoms with Gasteiger partial charge in [-0.05, 0) is 52.6 Å². The summed E-state index contributed by atoms with van der Waals surface area (Å²) in [7, 11) is 4.34. The highest BCUT2D eigenvalue weighted by Crippen LogP contribution is 2.40. The summed E-state index contributed by atoms with van der Waals surface area (Å²) in [6.07, 6.45) is 11.6. The van der Waals surface area contributed by atoms with Crippen LogP contribution in [-0.4, -0.2) is 76.5 Å². The Morgan fingerprint density at radius 2 is 1.39 bits per heavy atom. The summed E-state index contributed by atoms with van der Waals surface area (Å²) in [4.78, 5) is 4.68. The molecule has 31 heavy (non-hydrogen) atoms. The van der Waals surface area contributed by atoms with Crippen molar-refractivity contribution in [1.82, 2.24) is 35.5 Å². The van der Waals surface area contributed by atoms with Crippen molar-refractivity contribution in [2.24, 2.45) is 5.73 Å². The molecule has 4 rings (SSSR count). The molecule has 2 heterocycles. The smallest absolute Gasteiger partial charge is 0.0535 e. The van der Waals surface area contributed by atoms with E-state index in [0.29, 0.717) is 18.5 Å². The van der Waals surface area contributed by atoms with Gasteiger partial charge in [-0.25, -0.2) is 0 Å². The van der Waals surface area contributed by atoms with Crippen molar-refractivity contribution < 1.29 is 0 Å². The second-order valence-corrected chi connectivity index (χ2v) is 9.66. The molecule has 2 fully saturated rings. The Morgan fingerprint density at radius 1 is 0.871 bits per heavy atom. The van der Waals surface area contributed by atoms with Crippen molar-refractivity contribution >= 4 is 0 Å². The van der Waals surface area contributed by atoms with Gasteiger partial charge in [-0.3, -0.25) is 10.2 Å². The topological polar surface area (TPSA) is 102 Å². The lowest BCUT2D eigenvalue weighted by Gasteiger charge is -2.30. The summed E-state index contributed by atoms with van der Waals surface area (Å²) in [6.45, 7) is 5.62. The van der Waals surface area contributed by atoms with Crippen LogP contribution >= 0.6 is 0 Å². The van der Waals surface area contributed by atoms with Crippen molar-refractivity contribution in [3.63, 3.8) is 0 Å². The van der Waals surface area contributed by atoms with Gasteiger partial charge in [0.25, 0.3) is 0 Å². The van der Waals surface area contributed by atoms with Gasteiger partial charge in [0.2, 0.25) is 0 Å². The van der Waals surface area contributed by atoms with Crippen molar-refractivity contribution in [3.8, 4) is 0 Å². The molecule has 8 heteroatoms. The van der Waals surface area contributed by atoms with Gasteiger partial charge in [-0.2, -0.15) is 10.2 Å². The van der Waals surface area contributed by atoms with Crippen LogP contribution in [0, 0.1) is 0 Å². The molecule has 2 aliphatic rings. The molecule has 0 aromatic carbocycles. The van der Waals surface area contributed by atoms with Crippen LogP contribution in [0.2, 0.25) is 0 Å². The molecule has 0 amide bonds. The third kappa shape index (κ3) is 6.16. The van der Waals surface area contributed by atoms with Crippen LogP contribution in [0.25, 0.3) is 0 Å². The van der Waals surface area contributed by atoms with E-state index in [0.717, 1.165) is 38.6 Å². The van der Waals surface area contributed by atoms with E-state index < -0.39 is 0 Å². The van der Waals surface area contributed by atoms with Crippen LogP contribution in [0.4, 0.5) is 0 Å². The normalized spacial score (nSPS) is 22.0. The zero-order valence-electron chi connectivity index (χ0n) is 19.2. The fourth-order valence-electron chi connectivity index (χ4n) is 4.98. The Bertz CT molecular complexity index is 787. The molecule has 0 radical (unpaired) electrons. The first kappa shape index (κ1) is 22.5. The van der Waals surface area contributed by atoms with E-state index in [-0.39, 0.29) is 0 Å². The monoisotopic (exact) mass is 428 g/mol. The molecule has 0 unspecified atom stereocenters. The third-order valence-corrected chi connectivity index (χ3v) is 6.94. The molecule has 0 atom stereocenters. The van der Waals surface area contributed by atoms with Gasteiger partial charge in [-0.1, -0.05) is 0 Å².